The summed E-state index contributed by atoms with van der Waals surface area (Å²) in [6, 6.07) is 1.68. The molecule has 1 aromatic rings. The zero-order chi connectivity index (χ0) is 11.6. The van der Waals surface area contributed by atoms with Gasteiger partial charge in [-0.2, -0.15) is 4.90 Å². The van der Waals surface area contributed by atoms with Crippen molar-refractivity contribution in [2.75, 3.05) is 4.90 Å². The van der Waals surface area contributed by atoms with Crippen molar-refractivity contribution in [2.45, 2.75) is 13.8 Å². The summed E-state index contributed by atoms with van der Waals surface area (Å²) < 4.78 is 0. The Morgan fingerprint density at radius 1 is 1.27 bits per heavy atom. The number of hydrogen-bond donors (Lipinski definition) is 2. The third-order valence-corrected chi connectivity index (χ3v) is 2.04. The van der Waals surface area contributed by atoms with Crippen LogP contribution in [-0.4, -0.2) is 27.4 Å². The van der Waals surface area contributed by atoms with E-state index in [1.807, 2.05) is 0 Å². The van der Waals surface area contributed by atoms with Gasteiger partial charge in [0.15, 0.2) is 5.82 Å². The highest BCUT2D eigenvalue weighted by molar-refractivity contribution is 6.07. The first-order valence-electron chi connectivity index (χ1n) is 4.13. The van der Waals surface area contributed by atoms with Gasteiger partial charge in [0.1, 0.15) is 0 Å². The van der Waals surface area contributed by atoms with Crippen molar-refractivity contribution in [3.05, 3.63) is 23.4 Å². The maximum atomic E-state index is 10.7. The Morgan fingerprint density at radius 2 is 1.80 bits per heavy atom. The smallest absolute Gasteiger partial charge is 0.422 e. The first-order valence-corrected chi connectivity index (χ1v) is 4.13. The predicted octanol–water partition coefficient (Wildman–Crippen LogP) is 1.86. The van der Waals surface area contributed by atoms with Gasteiger partial charge in [-0.05, 0) is 31.0 Å². The summed E-state index contributed by atoms with van der Waals surface area (Å²) in [4.78, 5) is 25.4. The Balaban J connectivity index is 3.29. The van der Waals surface area contributed by atoms with Crippen LogP contribution in [-0.2, 0) is 0 Å². The van der Waals surface area contributed by atoms with Gasteiger partial charge in [0.05, 0.1) is 0 Å². The highest BCUT2D eigenvalue weighted by Crippen LogP contribution is 2.19. The molecule has 2 N–H and O–H groups in total. The number of carboxylic acid groups (broad SMARTS) is 2. The molecule has 1 rings (SSSR count). The largest absolute Gasteiger partial charge is 0.464 e. The van der Waals surface area contributed by atoms with Crippen molar-refractivity contribution in [1.82, 2.24) is 4.98 Å². The van der Waals surface area contributed by atoms with Crippen LogP contribution in [0.5, 0.6) is 0 Å². The van der Waals surface area contributed by atoms with Gasteiger partial charge in [-0.25, -0.2) is 14.6 Å². The van der Waals surface area contributed by atoms with Crippen LogP contribution in [0.15, 0.2) is 12.3 Å². The molecule has 0 saturated carbocycles. The van der Waals surface area contributed by atoms with Gasteiger partial charge in [-0.1, -0.05) is 0 Å². The van der Waals surface area contributed by atoms with E-state index in [0.29, 0.717) is 5.56 Å². The second-order valence-corrected chi connectivity index (χ2v) is 2.98. The molecule has 0 unspecified atom stereocenters. The fourth-order valence-corrected chi connectivity index (χ4v) is 1.11. The Kier molecular flexibility index (Phi) is 2.89. The Labute approximate surface area is 85.8 Å². The number of anilines is 1. The Bertz CT molecular complexity index is 403. The lowest BCUT2D eigenvalue weighted by Crippen LogP contribution is -2.35. The lowest BCUT2D eigenvalue weighted by molar-refractivity contribution is 0.184. The SMILES string of the molecule is Cc1ccnc(N(C(=O)O)C(=O)O)c1C. The minimum absolute atomic E-state index is 0.0741. The topological polar surface area (TPSA) is 90.7 Å². The maximum Gasteiger partial charge on any atom is 0.422 e. The lowest BCUT2D eigenvalue weighted by atomic mass is 10.1. The van der Waals surface area contributed by atoms with Crippen molar-refractivity contribution in [2.24, 2.45) is 0 Å². The molecule has 0 aliphatic rings. The van der Waals surface area contributed by atoms with E-state index in [1.54, 1.807) is 19.9 Å². The van der Waals surface area contributed by atoms with Crippen LogP contribution in [0.4, 0.5) is 15.4 Å². The highest BCUT2D eigenvalue weighted by Gasteiger charge is 2.25. The minimum Gasteiger partial charge on any atom is -0.464 e. The fraction of sp³-hybridized carbons (Fsp3) is 0.222. The number of hydrogen-bond acceptors (Lipinski definition) is 3. The average Bonchev–Trinajstić information content (AvgIpc) is 2.11. The first-order chi connectivity index (χ1) is 6.95. The molecule has 0 atom stereocenters. The predicted molar refractivity (Wildman–Crippen MR) is 52.2 cm³/mol. The standard InChI is InChI=1S/C9H10N2O4/c1-5-3-4-10-7(6(5)2)11(8(12)13)9(14)15/h3-4H,1-2H3,(H,12,13)(H,14,15). The molecule has 0 aliphatic carbocycles. The van der Waals surface area contributed by atoms with E-state index in [2.05, 4.69) is 4.98 Å². The minimum atomic E-state index is -1.57. The van der Waals surface area contributed by atoms with E-state index >= 15 is 0 Å². The number of amides is 2. The van der Waals surface area contributed by atoms with E-state index in [9.17, 15) is 9.59 Å². The van der Waals surface area contributed by atoms with E-state index < -0.39 is 12.2 Å². The highest BCUT2D eigenvalue weighted by atomic mass is 16.4. The van der Waals surface area contributed by atoms with Gasteiger partial charge in [-0.3, -0.25) is 0 Å². The number of aromatic nitrogens is 1. The molecule has 0 fully saturated rings. The Hall–Kier alpha value is -2.11. The van der Waals surface area contributed by atoms with Crippen molar-refractivity contribution < 1.29 is 19.8 Å². The molecule has 0 aliphatic heterocycles. The molecule has 0 aromatic carbocycles. The van der Waals surface area contributed by atoms with Gasteiger partial charge in [0.25, 0.3) is 0 Å². The van der Waals surface area contributed by atoms with Gasteiger partial charge in [0.2, 0.25) is 0 Å². The van der Waals surface area contributed by atoms with Crippen LogP contribution in [0, 0.1) is 13.8 Å². The summed E-state index contributed by atoms with van der Waals surface area (Å²) in [6.07, 6.45) is -1.76. The van der Waals surface area contributed by atoms with Crippen molar-refractivity contribution in [1.29, 1.82) is 0 Å². The number of nitrogens with zero attached hydrogens (tertiary/aromatic N) is 2. The average molecular weight is 210 g/mol. The van der Waals surface area contributed by atoms with E-state index in [0.717, 1.165) is 5.56 Å². The van der Waals surface area contributed by atoms with Crippen LogP contribution in [0.2, 0.25) is 0 Å². The van der Waals surface area contributed by atoms with Crippen LogP contribution in [0.1, 0.15) is 11.1 Å². The molecule has 0 radical (unpaired) electrons. The van der Waals surface area contributed by atoms with Gasteiger partial charge < -0.3 is 10.2 Å². The molecule has 1 heterocycles. The van der Waals surface area contributed by atoms with E-state index in [4.69, 9.17) is 10.2 Å². The molecular weight excluding hydrogens is 200 g/mol. The maximum absolute atomic E-state index is 10.7. The molecule has 1 aromatic heterocycles. The van der Waals surface area contributed by atoms with E-state index in [1.165, 1.54) is 6.20 Å². The summed E-state index contributed by atoms with van der Waals surface area (Å²) in [6.45, 7) is 3.37. The summed E-state index contributed by atoms with van der Waals surface area (Å²) in [5.41, 5.74) is 1.31. The summed E-state index contributed by atoms with van der Waals surface area (Å²) >= 11 is 0. The van der Waals surface area contributed by atoms with Crippen LogP contribution >= 0.6 is 0 Å². The van der Waals surface area contributed by atoms with Crippen molar-refractivity contribution >= 4 is 18.0 Å². The van der Waals surface area contributed by atoms with Crippen LogP contribution in [0.3, 0.4) is 0 Å². The number of rotatable bonds is 1. The molecule has 0 bridgehead atoms. The van der Waals surface area contributed by atoms with Gasteiger partial charge >= 0.3 is 12.2 Å². The van der Waals surface area contributed by atoms with Gasteiger partial charge in [-0.15, -0.1) is 0 Å². The molecule has 2 amide bonds. The van der Waals surface area contributed by atoms with Crippen LogP contribution < -0.4 is 4.90 Å². The van der Waals surface area contributed by atoms with E-state index in [-0.39, 0.29) is 10.7 Å². The number of pyridine rings is 1. The van der Waals surface area contributed by atoms with Crippen molar-refractivity contribution in [3.63, 3.8) is 0 Å². The second-order valence-electron chi connectivity index (χ2n) is 2.98. The zero-order valence-electron chi connectivity index (χ0n) is 8.26. The first kappa shape index (κ1) is 11.0. The number of carbonyl (C=O) groups is 2. The molecule has 6 nitrogen and oxygen atoms in total. The fourth-order valence-electron chi connectivity index (χ4n) is 1.11. The lowest BCUT2D eigenvalue weighted by Gasteiger charge is -2.15. The third-order valence-electron chi connectivity index (χ3n) is 2.04. The zero-order valence-corrected chi connectivity index (χ0v) is 8.26. The monoisotopic (exact) mass is 210 g/mol. The quantitative estimate of drug-likeness (QED) is 0.738. The number of imide groups is 1. The summed E-state index contributed by atoms with van der Waals surface area (Å²) in [5.74, 6) is -0.0741. The molecular formula is C9H10N2O4. The summed E-state index contributed by atoms with van der Waals surface area (Å²) in [5, 5.41) is 17.4. The summed E-state index contributed by atoms with van der Waals surface area (Å²) in [7, 11) is 0. The molecule has 80 valence electrons. The Morgan fingerprint density at radius 3 is 2.27 bits per heavy atom. The molecule has 6 heteroatoms. The molecule has 15 heavy (non-hydrogen) atoms. The normalized spacial score (nSPS) is 9.73. The van der Waals surface area contributed by atoms with Crippen LogP contribution in [0.25, 0.3) is 0 Å². The second kappa shape index (κ2) is 3.95. The van der Waals surface area contributed by atoms with Gasteiger partial charge in [0, 0.05) is 6.20 Å². The number of aryl methyl sites for hydroxylation is 1. The van der Waals surface area contributed by atoms with Crippen molar-refractivity contribution in [3.8, 4) is 0 Å². The molecule has 0 saturated heterocycles. The molecule has 0 spiro atoms. The third kappa shape index (κ3) is 2.04.